The van der Waals surface area contributed by atoms with Crippen LogP contribution in [0.2, 0.25) is 0 Å². The number of benzene rings is 2. The quantitative estimate of drug-likeness (QED) is 0.811. The summed E-state index contributed by atoms with van der Waals surface area (Å²) in [5.41, 5.74) is 2.96. The van der Waals surface area contributed by atoms with Crippen molar-refractivity contribution in [2.24, 2.45) is 0 Å². The molecule has 2 heteroatoms. The molecule has 2 aromatic carbocycles. The highest BCUT2D eigenvalue weighted by atomic mass is 16.4. The fourth-order valence-corrected chi connectivity index (χ4v) is 1.51. The first-order valence-electron chi connectivity index (χ1n) is 5.24. The summed E-state index contributed by atoms with van der Waals surface area (Å²) in [6, 6.07) is 18.6. The molecule has 0 bridgehead atoms. The van der Waals surface area contributed by atoms with E-state index in [0.29, 0.717) is 0 Å². The molecule has 2 nitrogen and oxygen atoms in total. The van der Waals surface area contributed by atoms with Gasteiger partial charge in [0.05, 0.1) is 0 Å². The second kappa shape index (κ2) is 5.12. The number of carboxylic acid groups (broad SMARTS) is 1. The maximum absolute atomic E-state index is 10.4. The number of hydrogen-bond donors (Lipinski definition) is 1. The van der Waals surface area contributed by atoms with E-state index in [9.17, 15) is 4.79 Å². The lowest BCUT2D eigenvalue weighted by atomic mass is 10.0. The Morgan fingerprint density at radius 3 is 2.47 bits per heavy atom. The Morgan fingerprint density at radius 1 is 1.12 bits per heavy atom. The van der Waals surface area contributed by atoms with Crippen LogP contribution in [0.3, 0.4) is 0 Å². The van der Waals surface area contributed by atoms with Crippen molar-refractivity contribution < 1.29 is 9.90 Å². The number of carboxylic acids is 1. The molecule has 83 valence electrons. The fourth-order valence-electron chi connectivity index (χ4n) is 1.51. The Labute approximate surface area is 99.8 Å². The highest BCUT2D eigenvalue weighted by Gasteiger charge is 1.96. The van der Waals surface area contributed by atoms with Crippen molar-refractivity contribution in [3.63, 3.8) is 0 Å². The molecule has 0 aliphatic rings. The number of rotatable bonds is 3. The van der Waals surface area contributed by atoms with Crippen molar-refractivity contribution >= 4 is 12.0 Å². The molecule has 0 amide bonds. The van der Waals surface area contributed by atoms with Crippen molar-refractivity contribution in [3.8, 4) is 11.1 Å². The topological polar surface area (TPSA) is 37.3 Å². The second-order valence-corrected chi connectivity index (χ2v) is 3.57. The van der Waals surface area contributed by atoms with E-state index < -0.39 is 5.97 Å². The minimum atomic E-state index is -0.939. The van der Waals surface area contributed by atoms with Gasteiger partial charge in [0.15, 0.2) is 0 Å². The Hall–Kier alpha value is -2.35. The standard InChI is InChI=1S/C15H11O2/c16-15(17)11-8-12-6-9-14(10-7-12)13-4-2-1-3-5-13/h1-4,6-11H,(H,16,17). The molecule has 0 heterocycles. The fraction of sp³-hybridized carbons (Fsp3) is 0. The zero-order valence-corrected chi connectivity index (χ0v) is 9.13. The minimum absolute atomic E-state index is 0.868. The van der Waals surface area contributed by atoms with Gasteiger partial charge in [0.25, 0.3) is 0 Å². The van der Waals surface area contributed by atoms with Crippen LogP contribution in [0, 0.1) is 6.07 Å². The zero-order chi connectivity index (χ0) is 12.1. The Kier molecular flexibility index (Phi) is 3.36. The first kappa shape index (κ1) is 11.1. The van der Waals surface area contributed by atoms with Crippen LogP contribution in [0.25, 0.3) is 17.2 Å². The van der Waals surface area contributed by atoms with Crippen molar-refractivity contribution in [2.75, 3.05) is 0 Å². The molecule has 1 radical (unpaired) electrons. The third-order valence-corrected chi connectivity index (χ3v) is 2.35. The van der Waals surface area contributed by atoms with Gasteiger partial charge in [-0.2, -0.15) is 0 Å². The van der Waals surface area contributed by atoms with Crippen molar-refractivity contribution in [3.05, 3.63) is 66.2 Å². The Morgan fingerprint density at radius 2 is 1.88 bits per heavy atom. The van der Waals surface area contributed by atoms with Crippen LogP contribution in [0.1, 0.15) is 5.56 Å². The van der Waals surface area contributed by atoms with Crippen LogP contribution < -0.4 is 0 Å². The molecule has 0 fully saturated rings. The van der Waals surface area contributed by atoms with Gasteiger partial charge in [0, 0.05) is 6.08 Å². The Bertz CT molecular complexity index is 525. The van der Waals surface area contributed by atoms with Gasteiger partial charge in [-0.05, 0) is 28.8 Å². The largest absolute Gasteiger partial charge is 0.478 e. The SMILES string of the molecule is O=C(O)C=Cc1ccc(-c2[c]cccc2)cc1. The van der Waals surface area contributed by atoms with Crippen LogP contribution in [0.15, 0.2) is 54.6 Å². The van der Waals surface area contributed by atoms with Gasteiger partial charge in [-0.25, -0.2) is 4.79 Å². The molecule has 0 saturated carbocycles. The normalized spacial score (nSPS) is 10.6. The van der Waals surface area contributed by atoms with E-state index in [1.54, 1.807) is 6.08 Å². The number of aliphatic carboxylic acids is 1. The van der Waals surface area contributed by atoms with E-state index in [2.05, 4.69) is 6.07 Å². The lowest BCUT2D eigenvalue weighted by molar-refractivity contribution is -0.131. The summed E-state index contributed by atoms with van der Waals surface area (Å²) in [5.74, 6) is -0.939. The molecular weight excluding hydrogens is 212 g/mol. The maximum atomic E-state index is 10.4. The molecule has 0 aliphatic carbocycles. The summed E-state index contributed by atoms with van der Waals surface area (Å²) >= 11 is 0. The smallest absolute Gasteiger partial charge is 0.328 e. The highest BCUT2D eigenvalue weighted by molar-refractivity contribution is 5.85. The summed E-state index contributed by atoms with van der Waals surface area (Å²) in [4.78, 5) is 10.4. The van der Waals surface area contributed by atoms with Gasteiger partial charge in [-0.1, -0.05) is 48.5 Å². The molecule has 0 aliphatic heterocycles. The predicted octanol–water partition coefficient (Wildman–Crippen LogP) is 3.25. The second-order valence-electron chi connectivity index (χ2n) is 3.57. The third-order valence-electron chi connectivity index (χ3n) is 2.35. The summed E-state index contributed by atoms with van der Waals surface area (Å²) in [5, 5.41) is 8.52. The van der Waals surface area contributed by atoms with Crippen molar-refractivity contribution in [1.82, 2.24) is 0 Å². The minimum Gasteiger partial charge on any atom is -0.478 e. The zero-order valence-electron chi connectivity index (χ0n) is 9.13. The average Bonchev–Trinajstić information content (AvgIpc) is 2.38. The van der Waals surface area contributed by atoms with E-state index in [1.807, 2.05) is 48.5 Å². The molecule has 2 rings (SSSR count). The van der Waals surface area contributed by atoms with E-state index >= 15 is 0 Å². The van der Waals surface area contributed by atoms with Crippen LogP contribution in [-0.4, -0.2) is 11.1 Å². The third kappa shape index (κ3) is 3.05. The molecule has 0 spiro atoms. The molecule has 0 aromatic heterocycles. The maximum Gasteiger partial charge on any atom is 0.328 e. The predicted molar refractivity (Wildman–Crippen MR) is 67.4 cm³/mol. The number of hydrogen-bond acceptors (Lipinski definition) is 1. The first-order valence-corrected chi connectivity index (χ1v) is 5.24. The summed E-state index contributed by atoms with van der Waals surface area (Å²) < 4.78 is 0. The van der Waals surface area contributed by atoms with E-state index in [4.69, 9.17) is 5.11 Å². The number of carbonyl (C=O) groups is 1. The van der Waals surface area contributed by atoms with Crippen LogP contribution in [-0.2, 0) is 4.79 Å². The van der Waals surface area contributed by atoms with Gasteiger partial charge < -0.3 is 5.11 Å². The van der Waals surface area contributed by atoms with Gasteiger partial charge in [0.2, 0.25) is 0 Å². The molecule has 0 unspecified atom stereocenters. The van der Waals surface area contributed by atoms with Crippen molar-refractivity contribution in [1.29, 1.82) is 0 Å². The molecule has 1 N–H and O–H groups in total. The highest BCUT2D eigenvalue weighted by Crippen LogP contribution is 2.19. The van der Waals surface area contributed by atoms with E-state index in [1.165, 1.54) is 0 Å². The Balaban J connectivity index is 2.22. The summed E-state index contributed by atoms with van der Waals surface area (Å²) in [7, 11) is 0. The van der Waals surface area contributed by atoms with Gasteiger partial charge in [-0.15, -0.1) is 0 Å². The molecular formula is C15H11O2. The van der Waals surface area contributed by atoms with Gasteiger partial charge >= 0.3 is 5.97 Å². The van der Waals surface area contributed by atoms with Crippen LogP contribution in [0.5, 0.6) is 0 Å². The van der Waals surface area contributed by atoms with E-state index in [0.717, 1.165) is 22.8 Å². The summed E-state index contributed by atoms with van der Waals surface area (Å²) in [6.07, 6.45) is 2.70. The lowest BCUT2D eigenvalue weighted by Crippen LogP contribution is -1.85. The van der Waals surface area contributed by atoms with Crippen LogP contribution >= 0.6 is 0 Å². The monoisotopic (exact) mass is 223 g/mol. The van der Waals surface area contributed by atoms with E-state index in [-0.39, 0.29) is 0 Å². The summed E-state index contributed by atoms with van der Waals surface area (Å²) in [6.45, 7) is 0. The van der Waals surface area contributed by atoms with Gasteiger partial charge in [0.1, 0.15) is 0 Å². The lowest BCUT2D eigenvalue weighted by Gasteiger charge is -2.01. The van der Waals surface area contributed by atoms with Crippen LogP contribution in [0.4, 0.5) is 0 Å². The van der Waals surface area contributed by atoms with Gasteiger partial charge in [-0.3, -0.25) is 0 Å². The molecule has 17 heavy (non-hydrogen) atoms. The molecule has 0 atom stereocenters. The molecule has 0 saturated heterocycles. The molecule has 2 aromatic rings. The average molecular weight is 223 g/mol. The first-order chi connectivity index (χ1) is 8.25. The van der Waals surface area contributed by atoms with Crippen molar-refractivity contribution in [2.45, 2.75) is 0 Å².